The van der Waals surface area contributed by atoms with Gasteiger partial charge in [0.2, 0.25) is 0 Å². The van der Waals surface area contributed by atoms with Gasteiger partial charge in [-0.2, -0.15) is 0 Å². The lowest BCUT2D eigenvalue weighted by molar-refractivity contribution is -0.346. The second-order valence-electron chi connectivity index (χ2n) is 6.99. The molecule has 3 fully saturated rings. The number of hydrogen-bond donors (Lipinski definition) is 8. The van der Waals surface area contributed by atoms with Crippen LogP contribution >= 0.6 is 0 Å². The Kier molecular flexibility index (Phi) is 7.20. The Morgan fingerprint density at radius 1 is 0.500 bits per heavy atom. The number of ether oxygens (including phenoxy) is 5. The van der Waals surface area contributed by atoms with Crippen molar-refractivity contribution in [1.29, 1.82) is 0 Å². The summed E-state index contributed by atoms with van der Waals surface area (Å²) in [6.07, 6.45) is -17.3. The second kappa shape index (κ2) is 9.09. The Balaban J connectivity index is 1.54. The SMILES string of the molecule is OC1OC[C@@H](O[C@@H]2OC[C@@H](O[C@@H]3OC[C@@H](O)[C@H](O)[C@H]3O)[C@H](O)[C@H]2O)[C@H](O)[C@H]1O. The minimum Gasteiger partial charge on any atom is -0.388 e. The van der Waals surface area contributed by atoms with E-state index in [0.717, 1.165) is 0 Å². The Morgan fingerprint density at radius 3 is 1.57 bits per heavy atom. The van der Waals surface area contributed by atoms with Gasteiger partial charge in [-0.15, -0.1) is 0 Å². The van der Waals surface area contributed by atoms with Crippen molar-refractivity contribution in [2.75, 3.05) is 19.8 Å². The van der Waals surface area contributed by atoms with Crippen molar-refractivity contribution in [2.45, 2.75) is 73.8 Å². The first-order chi connectivity index (χ1) is 13.2. The van der Waals surface area contributed by atoms with Crippen LogP contribution in [0.3, 0.4) is 0 Å². The molecular formula is C15H26O13. The van der Waals surface area contributed by atoms with Crippen LogP contribution in [-0.2, 0) is 23.7 Å². The smallest absolute Gasteiger partial charge is 0.186 e. The van der Waals surface area contributed by atoms with Crippen LogP contribution in [0.25, 0.3) is 0 Å². The van der Waals surface area contributed by atoms with Crippen molar-refractivity contribution < 1.29 is 64.5 Å². The molecule has 0 aromatic rings. The third-order valence-electron chi connectivity index (χ3n) is 4.96. The molecule has 0 amide bonds. The van der Waals surface area contributed by atoms with Crippen molar-refractivity contribution in [1.82, 2.24) is 0 Å². The average Bonchev–Trinajstić information content (AvgIpc) is 2.68. The molecule has 0 radical (unpaired) electrons. The van der Waals surface area contributed by atoms with Gasteiger partial charge in [-0.1, -0.05) is 0 Å². The highest BCUT2D eigenvalue weighted by Gasteiger charge is 2.47. The summed E-state index contributed by atoms with van der Waals surface area (Å²) in [4.78, 5) is 0. The van der Waals surface area contributed by atoms with E-state index in [1.165, 1.54) is 0 Å². The number of aliphatic hydroxyl groups excluding tert-OH is 8. The van der Waals surface area contributed by atoms with Crippen LogP contribution in [0.15, 0.2) is 0 Å². The Labute approximate surface area is 159 Å². The van der Waals surface area contributed by atoms with Crippen LogP contribution in [0.5, 0.6) is 0 Å². The van der Waals surface area contributed by atoms with Crippen molar-refractivity contribution in [3.8, 4) is 0 Å². The van der Waals surface area contributed by atoms with E-state index in [0.29, 0.717) is 0 Å². The number of hydrogen-bond acceptors (Lipinski definition) is 13. The first-order valence-electron chi connectivity index (χ1n) is 8.81. The van der Waals surface area contributed by atoms with E-state index in [2.05, 4.69) is 0 Å². The van der Waals surface area contributed by atoms with Crippen molar-refractivity contribution in [3.05, 3.63) is 0 Å². The van der Waals surface area contributed by atoms with Gasteiger partial charge < -0.3 is 64.5 Å². The van der Waals surface area contributed by atoms with Gasteiger partial charge in [0.1, 0.15) is 54.9 Å². The molecule has 1 unspecified atom stereocenters. The molecule has 3 heterocycles. The quantitative estimate of drug-likeness (QED) is 0.216. The summed E-state index contributed by atoms with van der Waals surface area (Å²) >= 11 is 0. The zero-order valence-corrected chi connectivity index (χ0v) is 14.7. The van der Waals surface area contributed by atoms with Crippen LogP contribution in [0.4, 0.5) is 0 Å². The normalized spacial score (nSPS) is 53.1. The minimum absolute atomic E-state index is 0.287. The van der Waals surface area contributed by atoms with Gasteiger partial charge in [-0.3, -0.25) is 0 Å². The van der Waals surface area contributed by atoms with Crippen molar-refractivity contribution in [3.63, 3.8) is 0 Å². The van der Waals surface area contributed by atoms with Crippen LogP contribution in [0.2, 0.25) is 0 Å². The highest BCUT2D eigenvalue weighted by atomic mass is 16.7. The highest BCUT2D eigenvalue weighted by Crippen LogP contribution is 2.26. The summed E-state index contributed by atoms with van der Waals surface area (Å²) in [6.45, 7) is -0.887. The fourth-order valence-corrected chi connectivity index (χ4v) is 3.15. The summed E-state index contributed by atoms with van der Waals surface area (Å²) in [6, 6.07) is 0. The molecule has 3 aliphatic rings. The van der Waals surface area contributed by atoms with Crippen molar-refractivity contribution in [2.24, 2.45) is 0 Å². The van der Waals surface area contributed by atoms with Gasteiger partial charge in [0, 0.05) is 0 Å². The lowest BCUT2D eigenvalue weighted by Gasteiger charge is -2.43. The van der Waals surface area contributed by atoms with E-state index in [9.17, 15) is 40.9 Å². The number of aliphatic hydroxyl groups is 8. The standard InChI is InChI=1S/C15H26O13/c16-4-1-25-14(11(21)7(4)17)28-6-3-26-15(12(22)9(6)19)27-5-2-24-13(23)10(20)8(5)18/h4-23H,1-3H2/t4-,5-,6-,7+,8+,9+,10-,11-,12-,13?,14+,15+/m1/s1. The Bertz CT molecular complexity index is 464. The van der Waals surface area contributed by atoms with E-state index in [1.54, 1.807) is 0 Å². The molecular weight excluding hydrogens is 388 g/mol. The number of rotatable bonds is 4. The maximum atomic E-state index is 10.3. The van der Waals surface area contributed by atoms with Gasteiger partial charge in [-0.05, 0) is 0 Å². The molecule has 8 N–H and O–H groups in total. The second-order valence-corrected chi connectivity index (χ2v) is 6.99. The zero-order chi connectivity index (χ0) is 20.6. The first kappa shape index (κ1) is 22.2. The molecule has 13 heteroatoms. The van der Waals surface area contributed by atoms with Gasteiger partial charge in [-0.25, -0.2) is 0 Å². The van der Waals surface area contributed by atoms with E-state index in [-0.39, 0.29) is 19.8 Å². The molecule has 0 aromatic heterocycles. The molecule has 0 spiro atoms. The van der Waals surface area contributed by atoms with Gasteiger partial charge in [0.05, 0.1) is 19.8 Å². The maximum absolute atomic E-state index is 10.3. The summed E-state index contributed by atoms with van der Waals surface area (Å²) in [5.41, 5.74) is 0. The summed E-state index contributed by atoms with van der Waals surface area (Å²) in [5, 5.41) is 78.3. The molecule has 28 heavy (non-hydrogen) atoms. The predicted molar refractivity (Wildman–Crippen MR) is 83.2 cm³/mol. The first-order valence-corrected chi connectivity index (χ1v) is 8.81. The zero-order valence-electron chi connectivity index (χ0n) is 14.7. The van der Waals surface area contributed by atoms with Crippen LogP contribution in [0, 0.1) is 0 Å². The van der Waals surface area contributed by atoms with E-state index in [4.69, 9.17) is 23.7 Å². The molecule has 0 aliphatic carbocycles. The molecule has 12 atom stereocenters. The lowest BCUT2D eigenvalue weighted by Crippen LogP contribution is -2.61. The van der Waals surface area contributed by atoms with Crippen LogP contribution in [0.1, 0.15) is 0 Å². The molecule has 0 aromatic carbocycles. The molecule has 3 aliphatic heterocycles. The van der Waals surface area contributed by atoms with Crippen LogP contribution in [-0.4, -0.2) is 134 Å². The Morgan fingerprint density at radius 2 is 0.964 bits per heavy atom. The molecule has 164 valence electrons. The molecule has 13 nitrogen and oxygen atoms in total. The summed E-state index contributed by atoms with van der Waals surface area (Å²) < 4.78 is 25.9. The van der Waals surface area contributed by atoms with E-state index in [1.807, 2.05) is 0 Å². The molecule has 3 saturated heterocycles. The van der Waals surface area contributed by atoms with Crippen molar-refractivity contribution >= 4 is 0 Å². The third-order valence-corrected chi connectivity index (χ3v) is 4.96. The maximum Gasteiger partial charge on any atom is 0.186 e. The topological polar surface area (TPSA) is 208 Å². The average molecular weight is 414 g/mol. The Hall–Kier alpha value is -0.520. The molecule has 0 saturated carbocycles. The third kappa shape index (κ3) is 4.46. The van der Waals surface area contributed by atoms with Gasteiger partial charge >= 0.3 is 0 Å². The minimum atomic E-state index is -1.63. The largest absolute Gasteiger partial charge is 0.388 e. The summed E-state index contributed by atoms with van der Waals surface area (Å²) in [7, 11) is 0. The monoisotopic (exact) mass is 414 g/mol. The molecule has 0 bridgehead atoms. The molecule has 3 rings (SSSR count). The predicted octanol–water partition coefficient (Wildman–Crippen LogP) is -5.66. The van der Waals surface area contributed by atoms with Gasteiger partial charge in [0.25, 0.3) is 0 Å². The van der Waals surface area contributed by atoms with E-state index < -0.39 is 73.8 Å². The lowest BCUT2D eigenvalue weighted by atomic mass is 10.0. The van der Waals surface area contributed by atoms with Gasteiger partial charge in [0.15, 0.2) is 18.9 Å². The fourth-order valence-electron chi connectivity index (χ4n) is 3.15. The fraction of sp³-hybridized carbons (Fsp3) is 1.00. The van der Waals surface area contributed by atoms with E-state index >= 15 is 0 Å². The van der Waals surface area contributed by atoms with Crippen LogP contribution < -0.4 is 0 Å². The highest BCUT2D eigenvalue weighted by molar-refractivity contribution is 4.89. The summed E-state index contributed by atoms with van der Waals surface area (Å²) in [5.74, 6) is 0.